The minimum Gasteiger partial charge on any atom is -0.459 e. The molecule has 302 valence electrons. The summed E-state index contributed by atoms with van der Waals surface area (Å²) in [6, 6.07) is 11.1. The van der Waals surface area contributed by atoms with Crippen molar-refractivity contribution in [3.63, 3.8) is 0 Å². The Kier molecular flexibility index (Phi) is 12.0. The molecule has 2 aromatic rings. The van der Waals surface area contributed by atoms with Gasteiger partial charge in [0.05, 0.1) is 17.1 Å². The van der Waals surface area contributed by atoms with Crippen molar-refractivity contribution in [2.24, 2.45) is 0 Å². The molecule has 0 radical (unpaired) electrons. The zero-order valence-electron chi connectivity index (χ0n) is 31.8. The number of aliphatic hydroxyl groups excluding tert-OH is 1. The summed E-state index contributed by atoms with van der Waals surface area (Å²) in [5, 5.41) is 25.2. The number of rotatable bonds is 13. The van der Waals surface area contributed by atoms with Gasteiger partial charge in [-0.25, -0.2) is 4.79 Å². The zero-order valence-corrected chi connectivity index (χ0v) is 31.8. The van der Waals surface area contributed by atoms with Gasteiger partial charge in [-0.05, 0) is 77.9 Å². The van der Waals surface area contributed by atoms with Crippen molar-refractivity contribution in [2.75, 3.05) is 32.8 Å². The van der Waals surface area contributed by atoms with Gasteiger partial charge in [0.2, 0.25) is 0 Å². The summed E-state index contributed by atoms with van der Waals surface area (Å²) in [4.78, 5) is 36.3. The van der Waals surface area contributed by atoms with Crippen LogP contribution in [0.15, 0.2) is 48.5 Å². The summed E-state index contributed by atoms with van der Waals surface area (Å²) in [7, 11) is 2.95. The van der Waals surface area contributed by atoms with Crippen LogP contribution in [0.5, 0.6) is 0 Å². The molecule has 2 aromatic carbocycles. The van der Waals surface area contributed by atoms with Crippen LogP contribution < -0.4 is 5.32 Å². The summed E-state index contributed by atoms with van der Waals surface area (Å²) >= 11 is 0. The molecule has 55 heavy (non-hydrogen) atoms. The van der Waals surface area contributed by atoms with Crippen molar-refractivity contribution in [1.82, 2.24) is 0 Å². The number of anilines is 1. The predicted octanol–water partition coefficient (Wildman–Crippen LogP) is 3.29. The van der Waals surface area contributed by atoms with Gasteiger partial charge in [0, 0.05) is 37.6 Å². The number of aliphatic hydroxyl groups is 1. The fourth-order valence-electron chi connectivity index (χ4n) is 7.02. The minimum atomic E-state index is -1.36. The molecule has 4 aliphatic heterocycles. The van der Waals surface area contributed by atoms with Crippen molar-refractivity contribution in [2.45, 2.75) is 120 Å². The minimum absolute atomic E-state index is 0.122. The van der Waals surface area contributed by atoms with Crippen LogP contribution in [-0.4, -0.2) is 128 Å². The van der Waals surface area contributed by atoms with Crippen LogP contribution >= 0.6 is 0 Å². The van der Waals surface area contributed by atoms with E-state index in [9.17, 15) is 24.8 Å². The molecule has 0 aliphatic carbocycles. The number of carbonyl (C=O) groups excluding carboxylic acids is 2. The van der Waals surface area contributed by atoms with Gasteiger partial charge in [0.15, 0.2) is 29.9 Å². The molecule has 18 heteroatoms. The first-order valence-electron chi connectivity index (χ1n) is 17.8. The van der Waals surface area contributed by atoms with Crippen LogP contribution in [0.2, 0.25) is 0 Å². The highest BCUT2D eigenvalue weighted by molar-refractivity contribution is 6.04. The molecule has 2 N–H and O–H groups in total. The number of benzene rings is 2. The van der Waals surface area contributed by atoms with E-state index in [1.165, 1.54) is 62.8 Å². The third kappa shape index (κ3) is 9.32. The lowest BCUT2D eigenvalue weighted by molar-refractivity contribution is -0.384. The first kappa shape index (κ1) is 41.0. The number of hydrogen-bond donors (Lipinski definition) is 2. The fraction of sp³-hybridized carbons (Fsp3) is 0.622. The maximum Gasteiger partial charge on any atom is 0.338 e. The van der Waals surface area contributed by atoms with Crippen LogP contribution in [0.3, 0.4) is 0 Å². The monoisotopic (exact) mass is 776 g/mol. The average Bonchev–Trinajstić information content (AvgIpc) is 3.78. The molecule has 4 fully saturated rings. The van der Waals surface area contributed by atoms with Gasteiger partial charge < -0.3 is 62.5 Å². The number of carbonyl (C=O) groups is 2. The smallest absolute Gasteiger partial charge is 0.338 e. The first-order chi connectivity index (χ1) is 25.9. The molecule has 4 saturated heterocycles. The summed E-state index contributed by atoms with van der Waals surface area (Å²) in [6.07, 6.45) is -9.63. The molecule has 1 amide bonds. The Morgan fingerprint density at radius 2 is 1.45 bits per heavy atom. The maximum absolute atomic E-state index is 13.2. The third-order valence-electron chi connectivity index (χ3n) is 9.46. The van der Waals surface area contributed by atoms with E-state index >= 15 is 0 Å². The molecule has 4 aliphatic rings. The molecule has 0 bridgehead atoms. The van der Waals surface area contributed by atoms with Gasteiger partial charge in [0.1, 0.15) is 55.4 Å². The van der Waals surface area contributed by atoms with Gasteiger partial charge in [-0.15, -0.1) is 0 Å². The van der Waals surface area contributed by atoms with Crippen LogP contribution in [0, 0.1) is 10.1 Å². The van der Waals surface area contributed by atoms with Crippen LogP contribution in [0.1, 0.15) is 62.3 Å². The SMILES string of the molecule is COC(OC)[C@@H]1OC(C)(C)O[C@H]1[C@H](O[C@@H]1O[C@H](COC(=O)c2ccc(NC(=O)c3ccc([N+](=O)[O-])cc3)cc2)[C@@H]2OC(C)(C)O[C@@H]2[C@H]1O)[C@H]1COC(C)(C)O1. The zero-order chi connectivity index (χ0) is 39.9. The Bertz CT molecular complexity index is 1680. The second-order valence-corrected chi connectivity index (χ2v) is 14.9. The van der Waals surface area contributed by atoms with Crippen LogP contribution in [0.25, 0.3) is 0 Å². The van der Waals surface area contributed by atoms with Gasteiger partial charge in [0.25, 0.3) is 11.6 Å². The Balaban J connectivity index is 1.16. The molecule has 9 atom stereocenters. The Labute approximate surface area is 317 Å². The highest BCUT2D eigenvalue weighted by Crippen LogP contribution is 2.42. The van der Waals surface area contributed by atoms with Gasteiger partial charge in [-0.1, -0.05) is 0 Å². The molecular formula is C37H48N2O16. The standard InChI is InChI=1S/C37H48N2O16/c1-35(2)48-18-24(51-35)26(29-30(34(45-7)46-8)55-37(5,6)54-29)50-33-25(40)28-27(52-36(3,4)53-28)23(49-33)17-47-32(42)20-9-13-21(14-10-20)38-31(41)19-11-15-22(16-12-19)39(43)44/h9-16,23-30,33-34,40H,17-18H2,1-8H3,(H,38,41)/t23-,24-,25-,26-,27+,28-,29+,30-,33+/m1/s1. The number of nitrogens with one attached hydrogen (secondary N) is 1. The molecule has 0 aromatic heterocycles. The number of nitrogens with zero attached hydrogens (tertiary/aromatic N) is 1. The van der Waals surface area contributed by atoms with Crippen molar-refractivity contribution in [3.05, 3.63) is 69.8 Å². The fourth-order valence-corrected chi connectivity index (χ4v) is 7.02. The number of ether oxygens (including phenoxy) is 11. The number of non-ortho nitro benzene ring substituents is 1. The van der Waals surface area contributed by atoms with E-state index in [0.29, 0.717) is 5.69 Å². The Morgan fingerprint density at radius 3 is 2.05 bits per heavy atom. The molecule has 18 nitrogen and oxygen atoms in total. The molecule has 4 heterocycles. The van der Waals surface area contributed by atoms with Gasteiger partial charge >= 0.3 is 5.97 Å². The second kappa shape index (κ2) is 16.1. The number of methoxy groups -OCH3 is 2. The molecule has 6 rings (SSSR count). The molecule has 0 unspecified atom stereocenters. The summed E-state index contributed by atoms with van der Waals surface area (Å²) < 4.78 is 66.6. The quantitative estimate of drug-likeness (QED) is 0.129. The molecule has 0 saturated carbocycles. The van der Waals surface area contributed by atoms with E-state index in [1.54, 1.807) is 41.5 Å². The summed E-state index contributed by atoms with van der Waals surface area (Å²) in [5.74, 6) is -4.32. The van der Waals surface area contributed by atoms with E-state index in [-0.39, 0.29) is 30.0 Å². The molecule has 0 spiro atoms. The summed E-state index contributed by atoms with van der Waals surface area (Å²) in [5.41, 5.74) is 0.636. The second-order valence-electron chi connectivity index (χ2n) is 14.9. The van der Waals surface area contributed by atoms with Gasteiger partial charge in [-0.3, -0.25) is 14.9 Å². The van der Waals surface area contributed by atoms with Crippen LogP contribution in [0.4, 0.5) is 11.4 Å². The van der Waals surface area contributed by atoms with Crippen LogP contribution in [-0.2, 0) is 52.1 Å². The number of esters is 1. The van der Waals surface area contributed by atoms with E-state index in [2.05, 4.69) is 5.32 Å². The number of nitro groups is 1. The Hall–Kier alpha value is -3.66. The van der Waals surface area contributed by atoms with E-state index < -0.39 is 95.6 Å². The lowest BCUT2D eigenvalue weighted by atomic mass is 9.98. The van der Waals surface area contributed by atoms with E-state index in [4.69, 9.17) is 52.1 Å². The van der Waals surface area contributed by atoms with Crippen molar-refractivity contribution >= 4 is 23.3 Å². The van der Waals surface area contributed by atoms with Crippen molar-refractivity contribution in [3.8, 4) is 0 Å². The Morgan fingerprint density at radius 1 is 0.855 bits per heavy atom. The number of hydrogen-bond acceptors (Lipinski definition) is 16. The first-order valence-corrected chi connectivity index (χ1v) is 17.8. The number of amides is 1. The third-order valence-corrected chi connectivity index (χ3v) is 9.46. The van der Waals surface area contributed by atoms with Crippen molar-refractivity contribution < 1.29 is 71.7 Å². The topological polar surface area (TPSA) is 211 Å². The average molecular weight is 777 g/mol. The lowest BCUT2D eigenvalue weighted by Crippen LogP contribution is -2.61. The highest BCUT2D eigenvalue weighted by Gasteiger charge is 2.59. The lowest BCUT2D eigenvalue weighted by Gasteiger charge is -2.42. The van der Waals surface area contributed by atoms with Gasteiger partial charge in [-0.2, -0.15) is 0 Å². The predicted molar refractivity (Wildman–Crippen MR) is 188 cm³/mol. The summed E-state index contributed by atoms with van der Waals surface area (Å²) in [6.45, 7) is 10.2. The van der Waals surface area contributed by atoms with Crippen molar-refractivity contribution in [1.29, 1.82) is 0 Å². The largest absolute Gasteiger partial charge is 0.459 e. The highest BCUT2D eigenvalue weighted by atomic mass is 16.8. The van der Waals surface area contributed by atoms with E-state index in [0.717, 1.165) is 0 Å². The molecular weight excluding hydrogens is 728 g/mol. The number of nitro benzene ring substituents is 1. The normalized spacial score (nSPS) is 31.2. The van der Waals surface area contributed by atoms with E-state index in [1.807, 2.05) is 0 Å². The number of fused-ring (bicyclic) bond motifs is 1. The maximum atomic E-state index is 13.2.